The Morgan fingerprint density at radius 3 is 2.34 bits per heavy atom. The Morgan fingerprint density at radius 1 is 0.914 bits per heavy atom. The minimum atomic E-state index is -3.85. The van der Waals surface area contributed by atoms with Crippen LogP contribution >= 0.6 is 11.3 Å². The van der Waals surface area contributed by atoms with Crippen LogP contribution in [0.3, 0.4) is 0 Å². The van der Waals surface area contributed by atoms with Gasteiger partial charge in [-0.15, -0.1) is 11.3 Å². The number of ether oxygens (including phenoxy) is 2. The molecule has 0 saturated carbocycles. The van der Waals surface area contributed by atoms with Crippen LogP contribution in [0.2, 0.25) is 0 Å². The number of methoxy groups -OCH3 is 2. The first-order valence-electron chi connectivity index (χ1n) is 10.8. The molecular weight excluding hydrogens is 484 g/mol. The molecule has 182 valence electrons. The van der Waals surface area contributed by atoms with Gasteiger partial charge in [-0.05, 0) is 67.3 Å². The van der Waals surface area contributed by atoms with E-state index in [4.69, 9.17) is 9.47 Å². The normalized spacial score (nSPS) is 11.3. The van der Waals surface area contributed by atoms with Crippen molar-refractivity contribution < 1.29 is 22.7 Å². The molecule has 3 aromatic carbocycles. The maximum Gasteiger partial charge on any atom is 0.265 e. The van der Waals surface area contributed by atoms with Crippen molar-refractivity contribution >= 4 is 48.7 Å². The summed E-state index contributed by atoms with van der Waals surface area (Å²) in [7, 11) is 0.584. The number of aryl methyl sites for hydroxylation is 2. The maximum atomic E-state index is 13.3. The first-order valence-corrected chi connectivity index (χ1v) is 13.0. The average molecular weight is 511 g/mol. The number of anilines is 2. The van der Waals surface area contributed by atoms with Gasteiger partial charge in [-0.2, -0.15) is 0 Å². The Labute approximate surface area is 209 Å². The summed E-state index contributed by atoms with van der Waals surface area (Å²) >= 11 is 1.36. The molecule has 0 aliphatic heterocycles. The molecule has 0 radical (unpaired) electrons. The fourth-order valence-corrected chi connectivity index (χ4v) is 5.89. The molecule has 0 fully saturated rings. The van der Waals surface area contributed by atoms with E-state index in [0.29, 0.717) is 22.1 Å². The number of nitrogens with one attached hydrogen (secondary N) is 1. The third-order valence-electron chi connectivity index (χ3n) is 5.73. The number of benzene rings is 3. The van der Waals surface area contributed by atoms with Gasteiger partial charge in [0, 0.05) is 23.5 Å². The molecule has 0 aliphatic rings. The van der Waals surface area contributed by atoms with Gasteiger partial charge in [0.05, 0.1) is 29.7 Å². The minimum absolute atomic E-state index is 0.0802. The van der Waals surface area contributed by atoms with E-state index in [1.165, 1.54) is 49.0 Å². The van der Waals surface area contributed by atoms with Crippen molar-refractivity contribution in [3.8, 4) is 11.5 Å². The van der Waals surface area contributed by atoms with Gasteiger partial charge in [-0.3, -0.25) is 9.10 Å². The van der Waals surface area contributed by atoms with E-state index in [0.717, 1.165) is 26.9 Å². The van der Waals surface area contributed by atoms with Gasteiger partial charge in [0.25, 0.3) is 15.9 Å². The second-order valence-corrected chi connectivity index (χ2v) is 11.1. The number of amides is 1. The molecule has 9 heteroatoms. The maximum absolute atomic E-state index is 13.3. The lowest BCUT2D eigenvalue weighted by Crippen LogP contribution is -2.26. The summed E-state index contributed by atoms with van der Waals surface area (Å²) in [4.78, 5) is 13.5. The molecule has 0 bridgehead atoms. The number of rotatable bonds is 7. The van der Waals surface area contributed by atoms with Crippen LogP contribution in [0, 0.1) is 13.8 Å². The van der Waals surface area contributed by atoms with Gasteiger partial charge in [0.1, 0.15) is 0 Å². The highest BCUT2D eigenvalue weighted by Gasteiger charge is 2.24. The Hall–Kier alpha value is -3.56. The highest BCUT2D eigenvalue weighted by Crippen LogP contribution is 2.34. The Morgan fingerprint density at radius 2 is 1.66 bits per heavy atom. The van der Waals surface area contributed by atoms with Crippen LogP contribution in [0.15, 0.2) is 65.6 Å². The lowest BCUT2D eigenvalue weighted by Gasteiger charge is -2.20. The molecular formula is C26H26N2O5S2. The van der Waals surface area contributed by atoms with Crippen molar-refractivity contribution in [3.63, 3.8) is 0 Å². The van der Waals surface area contributed by atoms with Crippen molar-refractivity contribution in [2.75, 3.05) is 30.9 Å². The predicted octanol–water partition coefficient (Wildman–Crippen LogP) is 5.61. The SMILES string of the molecule is COc1ccc(S(=O)(=O)N(C)c2ccc3sc(C(=O)Nc4ccc(C)cc4C)cc3c2)cc1OC. The van der Waals surface area contributed by atoms with Crippen molar-refractivity contribution in [2.45, 2.75) is 18.7 Å². The lowest BCUT2D eigenvalue weighted by molar-refractivity contribution is 0.103. The fourth-order valence-electron chi connectivity index (χ4n) is 3.75. The van der Waals surface area contributed by atoms with Gasteiger partial charge >= 0.3 is 0 Å². The molecule has 0 unspecified atom stereocenters. The molecule has 7 nitrogen and oxygen atoms in total. The zero-order valence-corrected chi connectivity index (χ0v) is 21.7. The van der Waals surface area contributed by atoms with Gasteiger partial charge in [0.2, 0.25) is 0 Å². The summed E-state index contributed by atoms with van der Waals surface area (Å²) in [6, 6.07) is 17.4. The first-order chi connectivity index (χ1) is 16.6. The predicted molar refractivity (Wildman–Crippen MR) is 141 cm³/mol. The second-order valence-electron chi connectivity index (χ2n) is 8.09. The van der Waals surface area contributed by atoms with Crippen LogP contribution in [0.25, 0.3) is 10.1 Å². The van der Waals surface area contributed by atoms with E-state index in [-0.39, 0.29) is 10.8 Å². The number of hydrogen-bond acceptors (Lipinski definition) is 6. The number of sulfonamides is 1. The number of carbonyl (C=O) groups excluding carboxylic acids is 1. The molecule has 0 saturated heterocycles. The first kappa shape index (κ1) is 24.6. The van der Waals surface area contributed by atoms with E-state index in [9.17, 15) is 13.2 Å². The largest absolute Gasteiger partial charge is 0.493 e. The molecule has 35 heavy (non-hydrogen) atoms. The average Bonchev–Trinajstić information content (AvgIpc) is 3.28. The Balaban J connectivity index is 1.61. The smallest absolute Gasteiger partial charge is 0.265 e. The molecule has 1 N–H and O–H groups in total. The number of fused-ring (bicyclic) bond motifs is 1. The highest BCUT2D eigenvalue weighted by molar-refractivity contribution is 7.92. The standard InChI is InChI=1S/C26H26N2O5S2/c1-16-6-9-21(17(2)12-16)27-26(29)25-14-18-13-19(7-11-24(18)34-25)28(3)35(30,31)20-8-10-22(32-4)23(15-20)33-5/h6-15H,1-5H3,(H,27,29). The molecule has 1 amide bonds. The second kappa shape index (κ2) is 9.59. The third kappa shape index (κ3) is 4.82. The van der Waals surface area contributed by atoms with Crippen molar-refractivity contribution in [1.29, 1.82) is 0 Å². The molecule has 0 atom stereocenters. The van der Waals surface area contributed by atoms with Gasteiger partial charge in [-0.25, -0.2) is 8.42 Å². The Bertz CT molecular complexity index is 1530. The van der Waals surface area contributed by atoms with Gasteiger partial charge in [0.15, 0.2) is 11.5 Å². The molecule has 4 aromatic rings. The van der Waals surface area contributed by atoms with Crippen LogP contribution in [0.4, 0.5) is 11.4 Å². The number of nitrogens with zero attached hydrogens (tertiary/aromatic N) is 1. The van der Waals surface area contributed by atoms with Crippen molar-refractivity contribution in [3.05, 3.63) is 76.7 Å². The van der Waals surface area contributed by atoms with Crippen molar-refractivity contribution in [1.82, 2.24) is 0 Å². The van der Waals surface area contributed by atoms with Crippen LogP contribution < -0.4 is 19.1 Å². The number of thiophene rings is 1. The van der Waals surface area contributed by atoms with E-state index in [1.807, 2.05) is 38.1 Å². The third-order valence-corrected chi connectivity index (χ3v) is 8.63. The van der Waals surface area contributed by atoms with Crippen LogP contribution in [-0.4, -0.2) is 35.6 Å². The summed E-state index contributed by atoms with van der Waals surface area (Å²) < 4.78 is 39.1. The number of carbonyl (C=O) groups is 1. The Kier molecular flexibility index (Phi) is 6.73. The van der Waals surface area contributed by atoms with Gasteiger partial charge < -0.3 is 14.8 Å². The van der Waals surface area contributed by atoms with E-state index < -0.39 is 10.0 Å². The van der Waals surface area contributed by atoms with Crippen LogP contribution in [0.1, 0.15) is 20.8 Å². The summed E-state index contributed by atoms with van der Waals surface area (Å²) in [5, 5.41) is 3.75. The fraction of sp³-hybridized carbons (Fsp3) is 0.192. The van der Waals surface area contributed by atoms with Crippen LogP contribution in [-0.2, 0) is 10.0 Å². The summed E-state index contributed by atoms with van der Waals surface area (Å²) in [6.45, 7) is 3.96. The van der Waals surface area contributed by atoms with Crippen LogP contribution in [0.5, 0.6) is 11.5 Å². The van der Waals surface area contributed by atoms with E-state index in [1.54, 1.807) is 24.3 Å². The summed E-state index contributed by atoms with van der Waals surface area (Å²) in [5.74, 6) is 0.571. The molecule has 1 heterocycles. The quantitative estimate of drug-likeness (QED) is 0.349. The molecule has 0 aliphatic carbocycles. The molecule has 4 rings (SSSR count). The van der Waals surface area contributed by atoms with E-state index in [2.05, 4.69) is 5.32 Å². The van der Waals surface area contributed by atoms with E-state index >= 15 is 0 Å². The van der Waals surface area contributed by atoms with Gasteiger partial charge in [-0.1, -0.05) is 17.7 Å². The lowest BCUT2D eigenvalue weighted by atomic mass is 10.1. The number of hydrogen-bond donors (Lipinski definition) is 1. The summed E-state index contributed by atoms with van der Waals surface area (Å²) in [5.41, 5.74) is 3.36. The van der Waals surface area contributed by atoms with Crippen molar-refractivity contribution in [2.24, 2.45) is 0 Å². The zero-order valence-electron chi connectivity index (χ0n) is 20.1. The molecule has 0 spiro atoms. The topological polar surface area (TPSA) is 84.9 Å². The summed E-state index contributed by atoms with van der Waals surface area (Å²) in [6.07, 6.45) is 0. The monoisotopic (exact) mass is 510 g/mol. The minimum Gasteiger partial charge on any atom is -0.493 e. The molecule has 1 aromatic heterocycles. The highest BCUT2D eigenvalue weighted by atomic mass is 32.2. The zero-order chi connectivity index (χ0) is 25.3.